The molecule has 0 saturated heterocycles. The van der Waals surface area contributed by atoms with Crippen LogP contribution >= 0.6 is 0 Å². The van der Waals surface area contributed by atoms with E-state index < -0.39 is 0 Å². The number of hydrogen-bond acceptors (Lipinski definition) is 1. The average Bonchev–Trinajstić information content (AvgIpc) is 2.83. The van der Waals surface area contributed by atoms with Gasteiger partial charge in [0, 0.05) is 0 Å². The van der Waals surface area contributed by atoms with E-state index in [1.54, 1.807) is 0 Å². The first kappa shape index (κ1) is 16.0. The summed E-state index contributed by atoms with van der Waals surface area (Å²) < 4.78 is 10.1. The van der Waals surface area contributed by atoms with Gasteiger partial charge in [-0.05, 0) is 18.6 Å². The van der Waals surface area contributed by atoms with Gasteiger partial charge in [-0.3, -0.25) is 0 Å². The van der Waals surface area contributed by atoms with Crippen molar-refractivity contribution >= 4 is 11.0 Å². The van der Waals surface area contributed by atoms with Gasteiger partial charge in [0.1, 0.15) is 0 Å². The number of benzene rings is 1. The average molecular weight is 289 g/mol. The monoisotopic (exact) mass is 289 g/mol. The molecule has 1 aromatic carbocycles. The molecular formula is C18H29N2O+. The van der Waals surface area contributed by atoms with E-state index in [1.807, 2.05) is 0 Å². The second-order valence-corrected chi connectivity index (χ2v) is 5.84. The predicted molar refractivity (Wildman–Crippen MR) is 87.1 cm³/mol. The smallest absolute Gasteiger partial charge is 0.246 e. The molecule has 0 amide bonds. The first-order chi connectivity index (χ1) is 10.3. The van der Waals surface area contributed by atoms with Gasteiger partial charge >= 0.3 is 0 Å². The number of ether oxygens (including phenoxy) is 1. The third-order valence-corrected chi connectivity index (χ3v) is 4.01. The minimum atomic E-state index is 0.650. The summed E-state index contributed by atoms with van der Waals surface area (Å²) in [5.41, 5.74) is 2.48. The Bertz CT molecular complexity index is 533. The largest absolute Gasteiger partial charge is 0.342 e. The summed E-state index contributed by atoms with van der Waals surface area (Å²) in [5.74, 6) is 0. The Morgan fingerprint density at radius 2 is 1.71 bits per heavy atom. The number of nitrogens with zero attached hydrogens (tertiary/aromatic N) is 2. The predicted octanol–water partition coefficient (Wildman–Crippen LogP) is 4.19. The van der Waals surface area contributed by atoms with Crippen LogP contribution in [0, 0.1) is 0 Å². The third-order valence-electron chi connectivity index (χ3n) is 4.01. The van der Waals surface area contributed by atoms with Gasteiger partial charge in [-0.1, -0.05) is 57.6 Å². The minimum Gasteiger partial charge on any atom is -0.342 e. The molecule has 0 bridgehead atoms. The lowest BCUT2D eigenvalue weighted by Crippen LogP contribution is -2.25. The molecule has 0 N–H and O–H groups in total. The van der Waals surface area contributed by atoms with Crippen LogP contribution < -0.4 is 4.57 Å². The van der Waals surface area contributed by atoms with E-state index in [-0.39, 0.29) is 0 Å². The normalized spacial score (nSPS) is 11.3. The highest BCUT2D eigenvalue weighted by Crippen LogP contribution is 2.10. The van der Waals surface area contributed by atoms with E-state index in [0.717, 1.165) is 6.61 Å². The number of aromatic nitrogens is 2. The zero-order chi connectivity index (χ0) is 14.9. The van der Waals surface area contributed by atoms with Crippen molar-refractivity contribution in [3.63, 3.8) is 0 Å². The summed E-state index contributed by atoms with van der Waals surface area (Å²) in [6.45, 7) is 3.78. The Balaban J connectivity index is 1.64. The summed E-state index contributed by atoms with van der Waals surface area (Å²) in [6.07, 6.45) is 11.4. The van der Waals surface area contributed by atoms with Crippen molar-refractivity contribution in [2.24, 2.45) is 7.05 Å². The van der Waals surface area contributed by atoms with E-state index in [1.165, 1.54) is 56.0 Å². The molecule has 0 spiro atoms. The van der Waals surface area contributed by atoms with E-state index in [0.29, 0.717) is 6.73 Å². The van der Waals surface area contributed by atoms with Crippen LogP contribution in [0.5, 0.6) is 0 Å². The van der Waals surface area contributed by atoms with Crippen molar-refractivity contribution in [3.05, 3.63) is 30.6 Å². The molecule has 1 heterocycles. The second-order valence-electron chi connectivity index (χ2n) is 5.84. The molecule has 0 saturated carbocycles. The highest BCUT2D eigenvalue weighted by atomic mass is 16.5. The maximum Gasteiger partial charge on any atom is 0.246 e. The van der Waals surface area contributed by atoms with Gasteiger partial charge in [-0.25, -0.2) is 9.13 Å². The van der Waals surface area contributed by atoms with E-state index in [9.17, 15) is 0 Å². The number of unbranched alkanes of at least 4 members (excludes halogenated alkanes) is 6. The molecule has 0 radical (unpaired) electrons. The van der Waals surface area contributed by atoms with E-state index >= 15 is 0 Å². The summed E-state index contributed by atoms with van der Waals surface area (Å²) in [5, 5.41) is 0. The molecule has 3 heteroatoms. The topological polar surface area (TPSA) is 18.0 Å². The molecule has 3 nitrogen and oxygen atoms in total. The molecule has 0 aliphatic rings. The van der Waals surface area contributed by atoms with E-state index in [4.69, 9.17) is 4.74 Å². The van der Waals surface area contributed by atoms with E-state index in [2.05, 4.69) is 53.7 Å². The maximum absolute atomic E-state index is 5.82. The lowest BCUT2D eigenvalue weighted by Gasteiger charge is -2.03. The molecule has 0 unspecified atom stereocenters. The molecule has 21 heavy (non-hydrogen) atoms. The molecule has 2 rings (SSSR count). The Morgan fingerprint density at radius 1 is 1.00 bits per heavy atom. The first-order valence-corrected chi connectivity index (χ1v) is 8.34. The van der Waals surface area contributed by atoms with Gasteiger partial charge in [-0.15, -0.1) is 0 Å². The zero-order valence-corrected chi connectivity index (χ0v) is 13.6. The Morgan fingerprint density at radius 3 is 2.52 bits per heavy atom. The number of rotatable bonds is 10. The summed E-state index contributed by atoms with van der Waals surface area (Å²) in [6, 6.07) is 8.44. The van der Waals surface area contributed by atoms with Crippen LogP contribution in [0.4, 0.5) is 0 Å². The lowest BCUT2D eigenvalue weighted by atomic mass is 10.1. The van der Waals surface area contributed by atoms with Crippen LogP contribution in [0.15, 0.2) is 30.6 Å². The molecule has 0 fully saturated rings. The highest BCUT2D eigenvalue weighted by molar-refractivity contribution is 5.71. The lowest BCUT2D eigenvalue weighted by molar-refractivity contribution is -0.646. The van der Waals surface area contributed by atoms with Gasteiger partial charge in [0.05, 0.1) is 13.7 Å². The van der Waals surface area contributed by atoms with Crippen molar-refractivity contribution < 1.29 is 9.30 Å². The van der Waals surface area contributed by atoms with Gasteiger partial charge in [-0.2, -0.15) is 0 Å². The Kier molecular flexibility index (Phi) is 6.74. The molecule has 1 aromatic heterocycles. The van der Waals surface area contributed by atoms with Gasteiger partial charge < -0.3 is 4.74 Å². The number of para-hydroxylation sites is 2. The Labute approximate surface area is 128 Å². The molecule has 2 aromatic rings. The van der Waals surface area contributed by atoms with Crippen molar-refractivity contribution in [3.8, 4) is 0 Å². The zero-order valence-electron chi connectivity index (χ0n) is 13.6. The van der Waals surface area contributed by atoms with Crippen molar-refractivity contribution in [1.29, 1.82) is 0 Å². The van der Waals surface area contributed by atoms with Crippen LogP contribution in [-0.4, -0.2) is 11.2 Å². The molecule has 0 atom stereocenters. The third kappa shape index (κ3) is 4.85. The van der Waals surface area contributed by atoms with Gasteiger partial charge in [0.25, 0.3) is 0 Å². The number of hydrogen-bond donors (Lipinski definition) is 0. The molecule has 0 aliphatic heterocycles. The minimum absolute atomic E-state index is 0.650. The fourth-order valence-corrected chi connectivity index (χ4v) is 2.77. The van der Waals surface area contributed by atoms with Crippen LogP contribution in [0.2, 0.25) is 0 Å². The molecule has 116 valence electrons. The maximum atomic E-state index is 5.82. The highest BCUT2D eigenvalue weighted by Gasteiger charge is 2.11. The van der Waals surface area contributed by atoms with Crippen molar-refractivity contribution in [2.75, 3.05) is 6.61 Å². The standard InChI is InChI=1S/C18H29N2O/c1-3-4-5-6-7-8-11-14-21-16-20-15-19(2)17-12-9-10-13-18(17)20/h9-10,12-13,15H,3-8,11,14,16H2,1-2H3/q+1. The summed E-state index contributed by atoms with van der Waals surface area (Å²) in [4.78, 5) is 0. The molecule has 0 aliphatic carbocycles. The van der Waals surface area contributed by atoms with Gasteiger partial charge in [0.15, 0.2) is 17.8 Å². The number of imidazole rings is 1. The van der Waals surface area contributed by atoms with Crippen LogP contribution in [-0.2, 0) is 18.5 Å². The fraction of sp³-hybridized carbons (Fsp3) is 0.611. The van der Waals surface area contributed by atoms with Crippen LogP contribution in [0.25, 0.3) is 11.0 Å². The van der Waals surface area contributed by atoms with Crippen LogP contribution in [0.3, 0.4) is 0 Å². The summed E-state index contributed by atoms with van der Waals surface area (Å²) in [7, 11) is 2.08. The quantitative estimate of drug-likeness (QED) is 0.474. The van der Waals surface area contributed by atoms with Gasteiger partial charge in [0.2, 0.25) is 6.33 Å². The second kappa shape index (κ2) is 8.83. The number of fused-ring (bicyclic) bond motifs is 1. The fourth-order valence-electron chi connectivity index (χ4n) is 2.77. The number of aryl methyl sites for hydroxylation is 1. The van der Waals surface area contributed by atoms with Crippen LogP contribution in [0.1, 0.15) is 51.9 Å². The van der Waals surface area contributed by atoms with Crippen molar-refractivity contribution in [2.45, 2.75) is 58.6 Å². The Hall–Kier alpha value is -1.35. The van der Waals surface area contributed by atoms with Crippen molar-refractivity contribution in [1.82, 2.24) is 4.57 Å². The first-order valence-electron chi connectivity index (χ1n) is 8.34. The SMILES string of the molecule is CCCCCCCCCOCn1c[n+](C)c2ccccc21. The summed E-state index contributed by atoms with van der Waals surface area (Å²) >= 11 is 0. The molecular weight excluding hydrogens is 260 g/mol.